The van der Waals surface area contributed by atoms with E-state index in [1.807, 2.05) is 30.3 Å². The van der Waals surface area contributed by atoms with Crippen molar-refractivity contribution in [2.45, 2.75) is 25.6 Å². The third-order valence-corrected chi connectivity index (χ3v) is 5.73. The number of carbonyl (C=O) groups excluding carboxylic acids is 1. The average Bonchev–Trinajstić information content (AvgIpc) is 3.05. The maximum Gasteiger partial charge on any atom is 0.333 e. The van der Waals surface area contributed by atoms with E-state index in [1.54, 1.807) is 37.4 Å². The molecule has 27 heavy (non-hydrogen) atoms. The molecule has 0 bridgehead atoms. The van der Waals surface area contributed by atoms with E-state index in [1.165, 1.54) is 6.92 Å². The number of carbonyl (C=O) groups is 1. The number of aromatic amines is 1. The summed E-state index contributed by atoms with van der Waals surface area (Å²) in [6.07, 6.45) is 1.59. The lowest BCUT2D eigenvalue weighted by atomic mass is 9.96. The molecule has 2 N–H and O–H groups in total. The van der Waals surface area contributed by atoms with Crippen LogP contribution >= 0.6 is 7.60 Å². The minimum Gasteiger partial charge on any atom is -0.462 e. The van der Waals surface area contributed by atoms with E-state index in [9.17, 15) is 14.3 Å². The first-order chi connectivity index (χ1) is 12.8. The topological polar surface area (TPSA) is 88.6 Å². The van der Waals surface area contributed by atoms with Crippen LogP contribution in [0.3, 0.4) is 0 Å². The van der Waals surface area contributed by atoms with Crippen LogP contribution in [0.25, 0.3) is 10.9 Å². The van der Waals surface area contributed by atoms with Gasteiger partial charge in [-0.05, 0) is 18.6 Å². The van der Waals surface area contributed by atoms with Gasteiger partial charge in [-0.3, -0.25) is 13.9 Å². The average molecular weight is 387 g/mol. The minimum absolute atomic E-state index is 0.133. The van der Waals surface area contributed by atoms with E-state index >= 15 is 0 Å². The summed E-state index contributed by atoms with van der Waals surface area (Å²) in [6, 6.07) is 16.5. The summed E-state index contributed by atoms with van der Waals surface area (Å²) in [4.78, 5) is 25.0. The molecule has 1 aromatic heterocycles. The van der Waals surface area contributed by atoms with Crippen molar-refractivity contribution in [3.05, 3.63) is 71.9 Å². The van der Waals surface area contributed by atoms with Crippen LogP contribution in [-0.4, -0.2) is 22.5 Å². The van der Waals surface area contributed by atoms with Crippen molar-refractivity contribution in [1.29, 1.82) is 0 Å². The first-order valence-corrected chi connectivity index (χ1v) is 10.3. The van der Waals surface area contributed by atoms with E-state index in [4.69, 9.17) is 9.26 Å². The second-order valence-electron chi connectivity index (χ2n) is 6.63. The number of aromatic nitrogens is 1. The second kappa shape index (κ2) is 7.69. The molecule has 2 atom stereocenters. The third kappa shape index (κ3) is 4.66. The van der Waals surface area contributed by atoms with Crippen molar-refractivity contribution >= 4 is 24.5 Å². The van der Waals surface area contributed by atoms with Crippen molar-refractivity contribution in [1.82, 2.24) is 4.98 Å². The van der Waals surface area contributed by atoms with Gasteiger partial charge < -0.3 is 14.6 Å². The van der Waals surface area contributed by atoms with Crippen LogP contribution in [0.15, 0.2) is 60.8 Å². The standard InChI is InChI=1S/C20H22NO5P/c1-15(22)25-14-20(2,18-12-21-19-11-7-6-10-17(18)19)26-27(23,24)13-16-8-4-3-5-9-16/h3-12,21H,13-14H2,1-2H3,(H,23,24). The van der Waals surface area contributed by atoms with Crippen molar-refractivity contribution in [3.8, 4) is 0 Å². The SMILES string of the molecule is CC(=O)OCC(C)(OP(=O)(O)Cc1ccccc1)c1c[nH]c2ccccc12. The van der Waals surface area contributed by atoms with Crippen molar-refractivity contribution in [3.63, 3.8) is 0 Å². The lowest BCUT2D eigenvalue weighted by Gasteiger charge is -2.31. The molecule has 0 aliphatic rings. The number of hydrogen-bond acceptors (Lipinski definition) is 4. The first-order valence-electron chi connectivity index (χ1n) is 8.55. The zero-order valence-electron chi connectivity index (χ0n) is 15.2. The number of para-hydroxylation sites is 1. The Bertz CT molecular complexity index is 984. The van der Waals surface area contributed by atoms with Crippen LogP contribution in [0, 0.1) is 0 Å². The minimum atomic E-state index is -4.02. The zero-order valence-corrected chi connectivity index (χ0v) is 16.1. The van der Waals surface area contributed by atoms with Crippen molar-refractivity contribution in [2.75, 3.05) is 6.61 Å². The van der Waals surface area contributed by atoms with Gasteiger partial charge in [-0.2, -0.15) is 0 Å². The number of esters is 1. The number of ether oxygens (including phenoxy) is 1. The number of benzene rings is 2. The molecular formula is C20H22NO5P. The molecule has 2 aromatic carbocycles. The molecule has 0 radical (unpaired) electrons. The Hall–Kier alpha value is -2.40. The second-order valence-corrected chi connectivity index (χ2v) is 8.41. The molecule has 6 nitrogen and oxygen atoms in total. The smallest absolute Gasteiger partial charge is 0.333 e. The van der Waals surface area contributed by atoms with Crippen LogP contribution in [0.4, 0.5) is 0 Å². The van der Waals surface area contributed by atoms with Gasteiger partial charge in [-0.25, -0.2) is 0 Å². The predicted molar refractivity (Wildman–Crippen MR) is 103 cm³/mol. The van der Waals surface area contributed by atoms with Gasteiger partial charge in [-0.1, -0.05) is 48.5 Å². The molecule has 7 heteroatoms. The zero-order chi connectivity index (χ0) is 19.5. The van der Waals surface area contributed by atoms with Gasteiger partial charge in [0.25, 0.3) is 0 Å². The molecule has 3 rings (SSSR count). The third-order valence-electron chi connectivity index (χ3n) is 4.28. The first kappa shape index (κ1) is 19.4. The maximum atomic E-state index is 12.9. The van der Waals surface area contributed by atoms with Gasteiger partial charge in [-0.15, -0.1) is 0 Å². The van der Waals surface area contributed by atoms with E-state index in [0.717, 1.165) is 10.9 Å². The Morgan fingerprint density at radius 3 is 2.52 bits per heavy atom. The van der Waals surface area contributed by atoms with Crippen LogP contribution in [0.5, 0.6) is 0 Å². The summed E-state index contributed by atoms with van der Waals surface area (Å²) >= 11 is 0. The highest BCUT2D eigenvalue weighted by molar-refractivity contribution is 7.52. The molecule has 1 heterocycles. The normalized spacial score (nSPS) is 15.8. The fourth-order valence-electron chi connectivity index (χ4n) is 3.06. The lowest BCUT2D eigenvalue weighted by Crippen LogP contribution is -2.31. The maximum absolute atomic E-state index is 12.9. The summed E-state index contributed by atoms with van der Waals surface area (Å²) in [5.41, 5.74) is 0.921. The van der Waals surface area contributed by atoms with Gasteiger partial charge in [0.15, 0.2) is 0 Å². The summed E-state index contributed by atoms with van der Waals surface area (Å²) in [7, 11) is -4.02. The quantitative estimate of drug-likeness (QED) is 0.465. The number of nitrogens with one attached hydrogen (secondary N) is 1. The van der Waals surface area contributed by atoms with Crippen LogP contribution in [0.1, 0.15) is 25.0 Å². The molecule has 2 unspecified atom stereocenters. The number of H-pyrrole nitrogens is 1. The number of hydrogen-bond donors (Lipinski definition) is 2. The van der Waals surface area contributed by atoms with Gasteiger partial charge in [0.1, 0.15) is 12.2 Å². The fourth-order valence-corrected chi connectivity index (χ4v) is 4.58. The highest BCUT2D eigenvalue weighted by Gasteiger charge is 2.39. The van der Waals surface area contributed by atoms with Crippen LogP contribution < -0.4 is 0 Å². The summed E-state index contributed by atoms with van der Waals surface area (Å²) in [6.45, 7) is 2.76. The van der Waals surface area contributed by atoms with Crippen molar-refractivity contribution in [2.24, 2.45) is 0 Å². The Morgan fingerprint density at radius 1 is 1.15 bits per heavy atom. The Balaban J connectivity index is 1.95. The fraction of sp³-hybridized carbons (Fsp3) is 0.250. The Kier molecular flexibility index (Phi) is 5.51. The number of fused-ring (bicyclic) bond motifs is 1. The van der Waals surface area contributed by atoms with Crippen LogP contribution in [0.2, 0.25) is 0 Å². The molecule has 0 saturated heterocycles. The predicted octanol–water partition coefficient (Wildman–Crippen LogP) is 4.35. The molecule has 3 aromatic rings. The molecule has 0 saturated carbocycles. The monoisotopic (exact) mass is 387 g/mol. The van der Waals surface area contributed by atoms with E-state index in [2.05, 4.69) is 4.98 Å². The largest absolute Gasteiger partial charge is 0.462 e. The van der Waals surface area contributed by atoms with Crippen LogP contribution in [-0.2, 0) is 30.4 Å². The summed E-state index contributed by atoms with van der Waals surface area (Å²) in [5.74, 6) is -0.486. The Morgan fingerprint density at radius 2 is 1.81 bits per heavy atom. The molecule has 0 spiro atoms. The lowest BCUT2D eigenvalue weighted by molar-refractivity contribution is -0.147. The van der Waals surface area contributed by atoms with E-state index in [0.29, 0.717) is 11.1 Å². The van der Waals surface area contributed by atoms with E-state index < -0.39 is 19.2 Å². The molecule has 0 fully saturated rings. The molecule has 0 aliphatic carbocycles. The van der Waals surface area contributed by atoms with E-state index in [-0.39, 0.29) is 12.8 Å². The van der Waals surface area contributed by atoms with Gasteiger partial charge in [0, 0.05) is 29.6 Å². The van der Waals surface area contributed by atoms with Crippen molar-refractivity contribution < 1.29 is 23.5 Å². The van der Waals surface area contributed by atoms with Gasteiger partial charge >= 0.3 is 13.6 Å². The molecule has 0 amide bonds. The number of rotatable bonds is 7. The van der Waals surface area contributed by atoms with Gasteiger partial charge in [0.05, 0.1) is 6.16 Å². The molecular weight excluding hydrogens is 365 g/mol. The summed E-state index contributed by atoms with van der Waals surface area (Å²) < 4.78 is 23.8. The Labute approximate surface area is 157 Å². The highest BCUT2D eigenvalue weighted by Crippen LogP contribution is 2.52. The highest BCUT2D eigenvalue weighted by atomic mass is 31.2. The molecule has 0 aliphatic heterocycles. The molecule has 142 valence electrons. The van der Waals surface area contributed by atoms with Gasteiger partial charge in [0.2, 0.25) is 0 Å². The summed E-state index contributed by atoms with van der Waals surface area (Å²) in [5, 5.41) is 0.840.